The Kier molecular flexibility index (Phi) is 7.19. The summed E-state index contributed by atoms with van der Waals surface area (Å²) in [4.78, 5) is 15.3. The molecule has 0 fully saturated rings. The Morgan fingerprint density at radius 3 is 2.77 bits per heavy atom. The first kappa shape index (κ1) is 20.4. The third-order valence-electron chi connectivity index (χ3n) is 2.38. The maximum Gasteiger partial charge on any atom is 0.330 e. The molecule has 0 saturated carbocycles. The first-order chi connectivity index (χ1) is 12.3. The lowest BCUT2D eigenvalue weighted by Gasteiger charge is -1.95. The number of hydrogen-bond acceptors (Lipinski definition) is 12. The van der Waals surface area contributed by atoms with Crippen molar-refractivity contribution in [3.63, 3.8) is 0 Å². The van der Waals surface area contributed by atoms with Gasteiger partial charge in [-0.2, -0.15) is 0 Å². The number of hydrogen-bond donors (Lipinski definition) is 1. The number of thioether (sulfide) groups is 1. The summed E-state index contributed by atoms with van der Waals surface area (Å²) >= 11 is 3.79. The third-order valence-corrected chi connectivity index (χ3v) is 5.76. The van der Waals surface area contributed by atoms with Crippen LogP contribution in [0.1, 0.15) is 12.6 Å². The van der Waals surface area contributed by atoms with Crippen molar-refractivity contribution < 1.29 is 17.9 Å². The Morgan fingerprint density at radius 2 is 2.12 bits per heavy atom. The topological polar surface area (TPSA) is 136 Å². The maximum atomic E-state index is 11.4. The van der Waals surface area contributed by atoms with Gasteiger partial charge in [0.25, 0.3) is 5.13 Å². The van der Waals surface area contributed by atoms with E-state index in [9.17, 15) is 13.2 Å². The molecule has 0 radical (unpaired) electrons. The number of rotatable bonds is 8. The zero-order valence-electron chi connectivity index (χ0n) is 13.9. The minimum Gasteiger partial charge on any atom is -0.466 e. The third kappa shape index (κ3) is 6.44. The molecule has 0 aliphatic rings. The normalized spacial score (nSPS) is 12.1. The van der Waals surface area contributed by atoms with Crippen LogP contribution in [-0.4, -0.2) is 48.7 Å². The highest BCUT2D eigenvalue weighted by atomic mass is 32.2. The smallest absolute Gasteiger partial charge is 0.330 e. The zero-order valence-corrected chi connectivity index (χ0v) is 17.1. The van der Waals surface area contributed by atoms with E-state index in [-0.39, 0.29) is 10.8 Å². The summed E-state index contributed by atoms with van der Waals surface area (Å²) < 4.78 is 30.3. The molecule has 2 aromatic heterocycles. The van der Waals surface area contributed by atoms with Crippen LogP contribution in [0.4, 0.5) is 15.3 Å². The molecule has 140 valence electrons. The summed E-state index contributed by atoms with van der Waals surface area (Å²) in [6.45, 7) is 2.00. The molecule has 0 unspecified atom stereocenters. The molecule has 0 aliphatic carbocycles. The molecule has 0 spiro atoms. The minimum atomic E-state index is -3.50. The molecule has 0 bridgehead atoms. The second kappa shape index (κ2) is 9.16. The molecule has 1 N–H and O–H groups in total. The van der Waals surface area contributed by atoms with Crippen molar-refractivity contribution in [2.24, 2.45) is 10.2 Å². The summed E-state index contributed by atoms with van der Waals surface area (Å²) in [5.41, 5.74) is 0.267. The second-order valence-corrected chi connectivity index (χ2v) is 9.62. The lowest BCUT2D eigenvalue weighted by Crippen LogP contribution is -2.09. The van der Waals surface area contributed by atoms with E-state index in [1.807, 2.05) is 6.92 Å². The predicted octanol–water partition coefficient (Wildman–Crippen LogP) is 3.08. The molecular formula is C12H14N6O4S4. The lowest BCUT2D eigenvalue weighted by molar-refractivity contribution is -0.134. The van der Waals surface area contributed by atoms with Crippen molar-refractivity contribution in [3.8, 4) is 0 Å². The van der Waals surface area contributed by atoms with Crippen molar-refractivity contribution in [3.05, 3.63) is 11.8 Å². The Bertz CT molecular complexity index is 933. The number of thiazole rings is 1. The summed E-state index contributed by atoms with van der Waals surface area (Å²) in [6, 6.07) is 0. The highest BCUT2D eigenvalue weighted by Gasteiger charge is 2.13. The van der Waals surface area contributed by atoms with Gasteiger partial charge in [-0.15, -0.1) is 20.4 Å². The fourth-order valence-corrected chi connectivity index (χ4v) is 4.60. The average Bonchev–Trinajstić information content (AvgIpc) is 3.16. The first-order valence-corrected chi connectivity index (χ1v) is 11.4. The Balaban J connectivity index is 2.29. The van der Waals surface area contributed by atoms with Gasteiger partial charge in [0.1, 0.15) is 5.69 Å². The van der Waals surface area contributed by atoms with Crippen LogP contribution in [0, 0.1) is 0 Å². The van der Waals surface area contributed by atoms with E-state index in [1.54, 1.807) is 0 Å². The van der Waals surface area contributed by atoms with Crippen LogP contribution in [0.3, 0.4) is 0 Å². The zero-order chi connectivity index (χ0) is 19.2. The molecule has 10 nitrogen and oxygen atoms in total. The Morgan fingerprint density at radius 1 is 1.35 bits per heavy atom. The number of methoxy groups -OCH3 is 1. The Hall–Kier alpha value is -1.90. The summed E-state index contributed by atoms with van der Waals surface area (Å²) in [5.74, 6) is 0.285. The second-order valence-electron chi connectivity index (χ2n) is 4.42. The quantitative estimate of drug-likeness (QED) is 0.290. The van der Waals surface area contributed by atoms with Gasteiger partial charge < -0.3 is 4.74 Å². The highest BCUT2D eigenvalue weighted by Crippen LogP contribution is 2.35. The van der Waals surface area contributed by atoms with Gasteiger partial charge in [0, 0.05) is 6.08 Å². The number of sulfonamides is 1. The van der Waals surface area contributed by atoms with Gasteiger partial charge in [-0.05, 0) is 11.8 Å². The van der Waals surface area contributed by atoms with Crippen LogP contribution in [0.2, 0.25) is 0 Å². The number of nitrogens with one attached hydrogen (secondary N) is 1. The summed E-state index contributed by atoms with van der Waals surface area (Å²) in [7, 11) is -2.26. The molecule has 2 aromatic rings. The van der Waals surface area contributed by atoms with Crippen LogP contribution >= 0.6 is 34.4 Å². The van der Waals surface area contributed by atoms with E-state index in [1.165, 1.54) is 36.3 Å². The number of ether oxygens (including phenoxy) is 1. The fourth-order valence-electron chi connectivity index (χ4n) is 1.43. The maximum absolute atomic E-state index is 11.4. The fraction of sp³-hybridized carbons (Fsp3) is 0.333. The Labute approximate surface area is 161 Å². The van der Waals surface area contributed by atoms with Gasteiger partial charge in [-0.25, -0.2) is 18.2 Å². The van der Waals surface area contributed by atoms with Crippen LogP contribution in [0.25, 0.3) is 6.08 Å². The number of esters is 1. The van der Waals surface area contributed by atoms with Crippen molar-refractivity contribution in [1.29, 1.82) is 0 Å². The number of carbonyl (C=O) groups is 1. The van der Waals surface area contributed by atoms with Crippen molar-refractivity contribution in [1.82, 2.24) is 15.2 Å². The number of nitrogens with zero attached hydrogens (tertiary/aromatic N) is 5. The summed E-state index contributed by atoms with van der Waals surface area (Å²) in [5, 5.41) is 16.7. The number of carbonyl (C=O) groups excluding carboxylic acids is 1. The molecule has 0 aliphatic heterocycles. The van der Waals surface area contributed by atoms with E-state index >= 15 is 0 Å². The van der Waals surface area contributed by atoms with E-state index in [0.29, 0.717) is 10.1 Å². The lowest BCUT2D eigenvalue weighted by atomic mass is 10.4. The van der Waals surface area contributed by atoms with E-state index in [2.05, 4.69) is 34.9 Å². The summed E-state index contributed by atoms with van der Waals surface area (Å²) in [6.07, 6.45) is 3.52. The highest BCUT2D eigenvalue weighted by molar-refractivity contribution is 8.01. The van der Waals surface area contributed by atoms with Gasteiger partial charge >= 0.3 is 5.97 Å². The van der Waals surface area contributed by atoms with E-state index < -0.39 is 16.0 Å². The van der Waals surface area contributed by atoms with E-state index in [4.69, 9.17) is 0 Å². The minimum absolute atomic E-state index is 0.102. The van der Waals surface area contributed by atoms with E-state index in [0.717, 1.165) is 33.8 Å². The van der Waals surface area contributed by atoms with Crippen molar-refractivity contribution in [2.45, 2.75) is 11.3 Å². The predicted molar refractivity (Wildman–Crippen MR) is 102 cm³/mol. The SMILES string of the molecule is CCSc1nnc(/N=N/c2sc(NS(C)(=O)=O)nc2/C=C\C(=O)OC)s1. The first-order valence-electron chi connectivity index (χ1n) is 6.93. The van der Waals surface area contributed by atoms with Crippen molar-refractivity contribution in [2.75, 3.05) is 23.8 Å². The molecule has 0 amide bonds. The number of azo groups is 1. The monoisotopic (exact) mass is 434 g/mol. The van der Waals surface area contributed by atoms with Gasteiger partial charge in [-0.3, -0.25) is 4.72 Å². The van der Waals surface area contributed by atoms with Gasteiger partial charge in [0.05, 0.1) is 13.4 Å². The van der Waals surface area contributed by atoms with Gasteiger partial charge in [0.2, 0.25) is 10.0 Å². The van der Waals surface area contributed by atoms with Gasteiger partial charge in [0.15, 0.2) is 14.5 Å². The molecule has 2 heterocycles. The largest absolute Gasteiger partial charge is 0.466 e. The standard InChI is InChI=1S/C12H14N6O4S4/c1-4-23-12-17-16-11(25-12)15-14-9-7(5-6-8(19)22-2)13-10(24-9)18-26(3,20)21/h5-6H,4H2,1-3H3,(H,13,18)/b6-5-,15-14+. The van der Waals surface area contributed by atoms with Crippen LogP contribution < -0.4 is 4.72 Å². The molecule has 0 saturated heterocycles. The van der Waals surface area contributed by atoms with Crippen LogP contribution in [0.15, 0.2) is 20.6 Å². The number of aromatic nitrogens is 3. The van der Waals surface area contributed by atoms with Crippen LogP contribution in [-0.2, 0) is 19.6 Å². The molecule has 0 aromatic carbocycles. The van der Waals surface area contributed by atoms with Crippen LogP contribution in [0.5, 0.6) is 0 Å². The molecule has 26 heavy (non-hydrogen) atoms. The molecule has 2 rings (SSSR count). The van der Waals surface area contributed by atoms with Crippen molar-refractivity contribution >= 4 is 71.8 Å². The molecule has 0 atom stereocenters. The molecular weight excluding hydrogens is 420 g/mol. The average molecular weight is 435 g/mol. The molecule has 14 heteroatoms. The number of anilines is 1. The van der Waals surface area contributed by atoms with Gasteiger partial charge in [-0.1, -0.05) is 41.4 Å².